The molecule has 1 aromatic carbocycles. The zero-order valence-electron chi connectivity index (χ0n) is 11.6. The van der Waals surface area contributed by atoms with Crippen molar-refractivity contribution >= 4 is 37.8 Å². The van der Waals surface area contributed by atoms with E-state index < -0.39 is 10.0 Å². The fraction of sp³-hybridized carbons (Fsp3) is 0.133. The zero-order chi connectivity index (χ0) is 15.9. The summed E-state index contributed by atoms with van der Waals surface area (Å²) in [5, 5.41) is 10.5. The monoisotopic (exact) mass is 332 g/mol. The molecule has 1 N–H and O–H groups in total. The number of terminal acetylenes is 1. The lowest BCUT2D eigenvalue weighted by molar-refractivity contribution is 0.514. The lowest BCUT2D eigenvalue weighted by atomic mass is 10.1. The minimum absolute atomic E-state index is 0.127. The molecule has 0 unspecified atom stereocenters. The van der Waals surface area contributed by atoms with E-state index in [2.05, 4.69) is 10.9 Å². The fourth-order valence-electron chi connectivity index (χ4n) is 2.37. The molecule has 5 nitrogen and oxygen atoms in total. The number of fused-ring (bicyclic) bond motifs is 1. The van der Waals surface area contributed by atoms with Crippen molar-refractivity contribution in [1.29, 1.82) is 0 Å². The summed E-state index contributed by atoms with van der Waals surface area (Å²) in [6.07, 6.45) is 5.30. The number of thiazole rings is 1. The first-order valence-electron chi connectivity index (χ1n) is 6.37. The van der Waals surface area contributed by atoms with E-state index in [0.717, 1.165) is 9.87 Å². The summed E-state index contributed by atoms with van der Waals surface area (Å²) in [4.78, 5) is 4.31. The Balaban J connectivity index is 2.36. The molecule has 7 heteroatoms. The van der Waals surface area contributed by atoms with Gasteiger partial charge >= 0.3 is 0 Å². The standard InChI is InChI=1S/C15H12N2O3S2/c1-3-8-17-15-13(21-9-16-15)12(18)14(22(17,19)20)11-7-5-4-6-10(11)2/h1,4-7,9,18H,8H2,2H3. The van der Waals surface area contributed by atoms with Crippen LogP contribution in [0.15, 0.2) is 29.8 Å². The van der Waals surface area contributed by atoms with Crippen molar-refractivity contribution in [2.24, 2.45) is 0 Å². The Morgan fingerprint density at radius 3 is 2.82 bits per heavy atom. The molecule has 1 aliphatic rings. The van der Waals surface area contributed by atoms with E-state index in [-0.39, 0.29) is 23.0 Å². The molecule has 0 bridgehead atoms. The van der Waals surface area contributed by atoms with Crippen molar-refractivity contribution in [2.75, 3.05) is 10.8 Å². The minimum Gasteiger partial charge on any atom is -0.505 e. The van der Waals surface area contributed by atoms with Crippen molar-refractivity contribution in [3.8, 4) is 12.3 Å². The van der Waals surface area contributed by atoms with Gasteiger partial charge in [-0.05, 0) is 12.5 Å². The zero-order valence-corrected chi connectivity index (χ0v) is 13.3. The summed E-state index contributed by atoms with van der Waals surface area (Å²) in [7, 11) is -3.97. The van der Waals surface area contributed by atoms with E-state index in [1.165, 1.54) is 16.8 Å². The molecule has 0 saturated carbocycles. The number of anilines is 1. The first kappa shape index (κ1) is 14.6. The predicted molar refractivity (Wildman–Crippen MR) is 87.8 cm³/mol. The summed E-state index contributed by atoms with van der Waals surface area (Å²) < 4.78 is 26.9. The fourth-order valence-corrected chi connectivity index (χ4v) is 4.91. The number of nitrogens with zero attached hydrogens (tertiary/aromatic N) is 2. The molecule has 0 saturated heterocycles. The predicted octanol–water partition coefficient (Wildman–Crippen LogP) is 2.62. The highest BCUT2D eigenvalue weighted by Gasteiger charge is 2.40. The summed E-state index contributed by atoms with van der Waals surface area (Å²) in [5.41, 5.74) is 2.70. The van der Waals surface area contributed by atoms with Gasteiger partial charge in [0.2, 0.25) is 0 Å². The third-order valence-corrected chi connectivity index (χ3v) is 6.02. The Kier molecular flexibility index (Phi) is 3.43. The Labute approximate surface area is 132 Å². The second-order valence-electron chi connectivity index (χ2n) is 4.71. The number of hydrogen-bond acceptors (Lipinski definition) is 5. The number of benzene rings is 1. The summed E-state index contributed by atoms with van der Waals surface area (Å²) in [6.45, 7) is 1.65. The van der Waals surface area contributed by atoms with Crippen LogP contribution in [-0.2, 0) is 10.0 Å². The van der Waals surface area contributed by atoms with Crippen LogP contribution in [0.2, 0.25) is 0 Å². The van der Waals surface area contributed by atoms with Crippen LogP contribution in [0.25, 0.3) is 10.7 Å². The Bertz CT molecular complexity index is 920. The molecule has 0 atom stereocenters. The van der Waals surface area contributed by atoms with E-state index in [1.54, 1.807) is 25.1 Å². The van der Waals surface area contributed by atoms with Crippen molar-refractivity contribution in [2.45, 2.75) is 6.92 Å². The molecule has 1 aromatic heterocycles. The molecule has 3 rings (SSSR count). The van der Waals surface area contributed by atoms with Crippen LogP contribution in [0, 0.1) is 19.3 Å². The van der Waals surface area contributed by atoms with E-state index in [0.29, 0.717) is 10.4 Å². The van der Waals surface area contributed by atoms with E-state index in [4.69, 9.17) is 6.42 Å². The number of aliphatic hydroxyl groups is 1. The number of aromatic nitrogens is 1. The number of sulfonamides is 1. The molecule has 0 aliphatic carbocycles. The van der Waals surface area contributed by atoms with Gasteiger partial charge in [-0.3, -0.25) is 0 Å². The Morgan fingerprint density at radius 2 is 2.14 bits per heavy atom. The maximum atomic E-state index is 12.9. The number of rotatable bonds is 2. The maximum absolute atomic E-state index is 12.9. The quantitative estimate of drug-likeness (QED) is 0.858. The second kappa shape index (κ2) is 5.16. The van der Waals surface area contributed by atoms with Gasteiger partial charge in [0.25, 0.3) is 10.0 Å². The second-order valence-corrected chi connectivity index (χ2v) is 7.37. The normalized spacial score (nSPS) is 16.3. The average Bonchev–Trinajstić information content (AvgIpc) is 2.95. The van der Waals surface area contributed by atoms with Crippen LogP contribution in [0.5, 0.6) is 0 Å². The summed E-state index contributed by atoms with van der Waals surface area (Å²) in [6, 6.07) is 6.99. The molecule has 112 valence electrons. The van der Waals surface area contributed by atoms with E-state index in [1.807, 2.05) is 6.07 Å². The van der Waals surface area contributed by atoms with Crippen LogP contribution in [0.4, 0.5) is 5.82 Å². The minimum atomic E-state index is -3.97. The van der Waals surface area contributed by atoms with Crippen molar-refractivity contribution in [3.05, 3.63) is 45.8 Å². The number of aryl methyl sites for hydroxylation is 1. The van der Waals surface area contributed by atoms with Crippen LogP contribution < -0.4 is 4.31 Å². The van der Waals surface area contributed by atoms with E-state index >= 15 is 0 Å². The van der Waals surface area contributed by atoms with Gasteiger partial charge < -0.3 is 5.11 Å². The topological polar surface area (TPSA) is 70.5 Å². The van der Waals surface area contributed by atoms with E-state index in [9.17, 15) is 13.5 Å². The van der Waals surface area contributed by atoms with Gasteiger partial charge in [0.05, 0.1) is 12.1 Å². The number of aliphatic hydroxyl groups excluding tert-OH is 1. The van der Waals surface area contributed by atoms with Gasteiger partial charge in [-0.2, -0.15) is 0 Å². The number of hydrogen-bond donors (Lipinski definition) is 1. The maximum Gasteiger partial charge on any atom is 0.270 e. The van der Waals surface area contributed by atoms with Crippen LogP contribution in [0.3, 0.4) is 0 Å². The van der Waals surface area contributed by atoms with Crippen LogP contribution in [0.1, 0.15) is 16.0 Å². The van der Waals surface area contributed by atoms with Crippen LogP contribution in [-0.4, -0.2) is 25.1 Å². The van der Waals surface area contributed by atoms with Gasteiger partial charge in [0.1, 0.15) is 9.78 Å². The molecule has 0 radical (unpaired) electrons. The highest BCUT2D eigenvalue weighted by atomic mass is 32.2. The third-order valence-electron chi connectivity index (χ3n) is 3.39. The largest absolute Gasteiger partial charge is 0.505 e. The highest BCUT2D eigenvalue weighted by molar-refractivity contribution is 8.02. The molecular weight excluding hydrogens is 320 g/mol. The van der Waals surface area contributed by atoms with Gasteiger partial charge in [-0.15, -0.1) is 17.8 Å². The summed E-state index contributed by atoms with van der Waals surface area (Å²) in [5.74, 6) is 2.23. The molecule has 0 amide bonds. The first-order valence-corrected chi connectivity index (χ1v) is 8.69. The van der Waals surface area contributed by atoms with Crippen LogP contribution >= 0.6 is 11.3 Å². The van der Waals surface area contributed by atoms with Gasteiger partial charge in [0, 0.05) is 5.56 Å². The molecule has 1 aliphatic heterocycles. The molecule has 0 spiro atoms. The lowest BCUT2D eigenvalue weighted by Gasteiger charge is -2.27. The third kappa shape index (κ3) is 2.00. The molecule has 0 fully saturated rings. The van der Waals surface area contributed by atoms with Crippen molar-refractivity contribution in [1.82, 2.24) is 4.98 Å². The SMILES string of the molecule is C#CCN1c2ncsc2C(O)=C(c2ccccc2C)S1(=O)=O. The average molecular weight is 332 g/mol. The lowest BCUT2D eigenvalue weighted by Crippen LogP contribution is -2.35. The Hall–Kier alpha value is -2.30. The van der Waals surface area contributed by atoms with Gasteiger partial charge in [-0.25, -0.2) is 17.7 Å². The highest BCUT2D eigenvalue weighted by Crippen LogP contribution is 2.44. The molecule has 22 heavy (non-hydrogen) atoms. The van der Waals surface area contributed by atoms with Crippen molar-refractivity contribution < 1.29 is 13.5 Å². The van der Waals surface area contributed by atoms with Gasteiger partial charge in [0.15, 0.2) is 11.6 Å². The Morgan fingerprint density at radius 1 is 1.41 bits per heavy atom. The molecule has 2 heterocycles. The molecular formula is C15H12N2O3S2. The van der Waals surface area contributed by atoms with Crippen molar-refractivity contribution in [3.63, 3.8) is 0 Å². The molecule has 2 aromatic rings. The smallest absolute Gasteiger partial charge is 0.270 e. The van der Waals surface area contributed by atoms with Gasteiger partial charge in [-0.1, -0.05) is 30.2 Å². The first-order chi connectivity index (χ1) is 10.5. The summed E-state index contributed by atoms with van der Waals surface area (Å²) >= 11 is 1.17.